The topological polar surface area (TPSA) is 100 Å². The summed E-state index contributed by atoms with van der Waals surface area (Å²) in [4.78, 5) is 17.8. The largest absolute Gasteiger partial charge is 0.493 e. The van der Waals surface area contributed by atoms with E-state index in [1.165, 1.54) is 0 Å². The first-order valence-corrected chi connectivity index (χ1v) is 9.06. The first kappa shape index (κ1) is 17.1. The first-order chi connectivity index (χ1) is 14.3. The molecule has 1 aliphatic heterocycles. The minimum Gasteiger partial charge on any atom is -0.493 e. The fourth-order valence-corrected chi connectivity index (χ4v) is 3.18. The van der Waals surface area contributed by atoms with Gasteiger partial charge >= 0.3 is 0 Å². The second kappa shape index (κ2) is 7.21. The number of rotatable bonds is 5. The molecule has 0 aliphatic carbocycles. The third-order valence-electron chi connectivity index (χ3n) is 4.56. The maximum Gasteiger partial charge on any atom is 0.191 e. The fraction of sp³-hybridized carbons (Fsp3) is 0.100. The molecule has 0 amide bonds. The van der Waals surface area contributed by atoms with Crippen molar-refractivity contribution in [1.29, 1.82) is 0 Å². The van der Waals surface area contributed by atoms with Crippen LogP contribution in [0.3, 0.4) is 0 Å². The van der Waals surface area contributed by atoms with E-state index >= 15 is 0 Å². The van der Waals surface area contributed by atoms with Crippen LogP contribution in [0.1, 0.15) is 5.56 Å². The summed E-state index contributed by atoms with van der Waals surface area (Å²) in [6.45, 7) is 0.607. The zero-order chi connectivity index (χ0) is 19.6. The second-order valence-electron chi connectivity index (χ2n) is 6.46. The average Bonchev–Trinajstić information content (AvgIpc) is 3.16. The van der Waals surface area contributed by atoms with Crippen molar-refractivity contribution in [3.05, 3.63) is 66.6 Å². The predicted octanol–water partition coefficient (Wildman–Crippen LogP) is 3.02. The van der Waals surface area contributed by atoms with E-state index in [1.807, 2.05) is 29.3 Å². The third kappa shape index (κ3) is 3.34. The summed E-state index contributed by atoms with van der Waals surface area (Å²) in [6, 6.07) is 13.8. The molecule has 4 heterocycles. The Morgan fingerprint density at radius 1 is 1.07 bits per heavy atom. The van der Waals surface area contributed by atoms with Crippen molar-refractivity contribution in [2.45, 2.75) is 6.54 Å². The molecule has 9 heteroatoms. The molecule has 144 valence electrons. The van der Waals surface area contributed by atoms with Crippen LogP contribution in [0.15, 0.2) is 61.1 Å². The van der Waals surface area contributed by atoms with Crippen LogP contribution in [0.4, 0.5) is 23.3 Å². The number of nitrogens with one attached hydrogen (secondary N) is 3. The number of ether oxygens (including phenoxy) is 1. The molecule has 3 N–H and O–H groups in total. The normalized spacial score (nSPS) is 12.5. The number of anilines is 4. The van der Waals surface area contributed by atoms with Crippen molar-refractivity contribution < 1.29 is 4.74 Å². The molecule has 0 atom stereocenters. The molecule has 0 unspecified atom stereocenters. The minimum absolute atomic E-state index is 0.568. The van der Waals surface area contributed by atoms with Gasteiger partial charge in [-0.2, -0.15) is 0 Å². The SMILES string of the molecule is COc1cccnc1Nc1cnc2c(n1)N(Cc1ccc3ncccc3c1)NN2. The number of benzene rings is 1. The molecule has 5 rings (SSSR count). The summed E-state index contributed by atoms with van der Waals surface area (Å²) in [7, 11) is 1.60. The first-order valence-electron chi connectivity index (χ1n) is 9.06. The minimum atomic E-state index is 0.568. The predicted molar refractivity (Wildman–Crippen MR) is 111 cm³/mol. The van der Waals surface area contributed by atoms with Crippen molar-refractivity contribution in [1.82, 2.24) is 25.5 Å². The molecule has 4 aromatic rings. The van der Waals surface area contributed by atoms with Crippen LogP contribution < -0.4 is 26.0 Å². The van der Waals surface area contributed by atoms with Gasteiger partial charge in [-0.1, -0.05) is 12.1 Å². The van der Waals surface area contributed by atoms with Crippen molar-refractivity contribution in [3.8, 4) is 5.75 Å². The highest BCUT2D eigenvalue weighted by atomic mass is 16.5. The Bertz CT molecular complexity index is 1180. The molecule has 0 fully saturated rings. The van der Waals surface area contributed by atoms with Gasteiger partial charge in [0.2, 0.25) is 0 Å². The molecule has 1 aromatic carbocycles. The molecular weight excluding hydrogens is 368 g/mol. The smallest absolute Gasteiger partial charge is 0.191 e. The highest BCUT2D eigenvalue weighted by molar-refractivity contribution is 5.79. The molecule has 0 radical (unpaired) electrons. The van der Waals surface area contributed by atoms with Gasteiger partial charge in [0.25, 0.3) is 0 Å². The van der Waals surface area contributed by atoms with E-state index in [0.29, 0.717) is 35.6 Å². The molecule has 0 spiro atoms. The van der Waals surface area contributed by atoms with E-state index in [0.717, 1.165) is 16.5 Å². The number of hydrogen-bond acceptors (Lipinski definition) is 9. The van der Waals surface area contributed by atoms with Gasteiger partial charge in [0.15, 0.2) is 29.0 Å². The molecule has 0 saturated carbocycles. The van der Waals surface area contributed by atoms with E-state index in [1.54, 1.807) is 25.7 Å². The Kier molecular flexibility index (Phi) is 4.26. The summed E-state index contributed by atoms with van der Waals surface area (Å²) in [6.07, 6.45) is 5.13. The van der Waals surface area contributed by atoms with Crippen LogP contribution in [0, 0.1) is 0 Å². The molecule has 0 bridgehead atoms. The van der Waals surface area contributed by atoms with Crippen LogP contribution >= 0.6 is 0 Å². The van der Waals surface area contributed by atoms with Gasteiger partial charge in [0.1, 0.15) is 0 Å². The van der Waals surface area contributed by atoms with E-state index in [4.69, 9.17) is 4.74 Å². The van der Waals surface area contributed by atoms with Crippen LogP contribution in [0.25, 0.3) is 10.9 Å². The van der Waals surface area contributed by atoms with Gasteiger partial charge < -0.3 is 10.1 Å². The molecule has 29 heavy (non-hydrogen) atoms. The third-order valence-corrected chi connectivity index (χ3v) is 4.56. The van der Waals surface area contributed by atoms with Crippen LogP contribution in [-0.2, 0) is 6.54 Å². The Hall–Kier alpha value is -3.98. The summed E-state index contributed by atoms with van der Waals surface area (Å²) < 4.78 is 5.33. The highest BCUT2D eigenvalue weighted by Crippen LogP contribution is 2.30. The van der Waals surface area contributed by atoms with Crippen LogP contribution in [0.2, 0.25) is 0 Å². The summed E-state index contributed by atoms with van der Waals surface area (Å²) in [5.74, 6) is 3.13. The van der Waals surface area contributed by atoms with Crippen molar-refractivity contribution >= 4 is 34.2 Å². The number of aromatic nitrogens is 4. The molecule has 0 saturated heterocycles. The fourth-order valence-electron chi connectivity index (χ4n) is 3.18. The van der Waals surface area contributed by atoms with Gasteiger partial charge in [0.05, 0.1) is 25.4 Å². The number of hydrazine groups is 2. The second-order valence-corrected chi connectivity index (χ2v) is 6.46. The van der Waals surface area contributed by atoms with Crippen molar-refractivity contribution in [2.75, 3.05) is 22.9 Å². The standard InChI is InChI=1S/C20H18N8O/c1-29-16-5-3-9-22-18(16)24-17-11-23-19-20(25-17)28(27-26-19)12-13-6-7-15-14(10-13)4-2-8-21-15/h2-11,27H,12H2,1H3,(H,23,26)(H,22,24,25). The Morgan fingerprint density at radius 3 is 2.90 bits per heavy atom. The maximum absolute atomic E-state index is 5.33. The van der Waals surface area contributed by atoms with Gasteiger partial charge in [-0.25, -0.2) is 15.0 Å². The van der Waals surface area contributed by atoms with E-state index in [2.05, 4.69) is 54.4 Å². The summed E-state index contributed by atoms with van der Waals surface area (Å²) in [5, 5.41) is 6.16. The Morgan fingerprint density at radius 2 is 1.97 bits per heavy atom. The number of pyridine rings is 2. The van der Waals surface area contributed by atoms with E-state index in [-0.39, 0.29) is 0 Å². The average molecular weight is 386 g/mol. The summed E-state index contributed by atoms with van der Waals surface area (Å²) >= 11 is 0. The zero-order valence-corrected chi connectivity index (χ0v) is 15.6. The zero-order valence-electron chi connectivity index (χ0n) is 15.6. The molecular formula is C20H18N8O. The van der Waals surface area contributed by atoms with Crippen molar-refractivity contribution in [2.24, 2.45) is 0 Å². The quantitative estimate of drug-likeness (QED) is 0.478. The van der Waals surface area contributed by atoms with Gasteiger partial charge in [0, 0.05) is 17.8 Å². The molecule has 9 nitrogen and oxygen atoms in total. The monoisotopic (exact) mass is 386 g/mol. The van der Waals surface area contributed by atoms with Crippen LogP contribution in [0.5, 0.6) is 5.75 Å². The molecule has 1 aliphatic rings. The number of nitrogens with zero attached hydrogens (tertiary/aromatic N) is 5. The van der Waals surface area contributed by atoms with E-state index in [9.17, 15) is 0 Å². The highest BCUT2D eigenvalue weighted by Gasteiger charge is 2.22. The van der Waals surface area contributed by atoms with Crippen molar-refractivity contribution in [3.63, 3.8) is 0 Å². The lowest BCUT2D eigenvalue weighted by Gasteiger charge is -2.17. The van der Waals surface area contributed by atoms with E-state index < -0.39 is 0 Å². The Balaban J connectivity index is 1.40. The number of hydrogen-bond donors (Lipinski definition) is 3. The number of methoxy groups -OCH3 is 1. The van der Waals surface area contributed by atoms with Crippen LogP contribution in [-0.4, -0.2) is 27.0 Å². The van der Waals surface area contributed by atoms with Gasteiger partial charge in [-0.3, -0.25) is 15.4 Å². The lowest BCUT2D eigenvalue weighted by atomic mass is 10.1. The Labute approximate surface area is 166 Å². The van der Waals surface area contributed by atoms with Gasteiger partial charge in [-0.15, -0.1) is 5.53 Å². The maximum atomic E-state index is 5.33. The molecule has 3 aromatic heterocycles. The summed E-state index contributed by atoms with van der Waals surface area (Å²) in [5.41, 5.74) is 8.25. The lowest BCUT2D eigenvalue weighted by molar-refractivity contribution is 0.415. The van der Waals surface area contributed by atoms with Gasteiger partial charge in [-0.05, 0) is 35.9 Å². The number of fused-ring (bicyclic) bond motifs is 2. The lowest BCUT2D eigenvalue weighted by Crippen LogP contribution is -2.35.